The number of ether oxygens (including phenoxy) is 1. The highest BCUT2D eigenvalue weighted by molar-refractivity contribution is 5.84. The SMILES string of the molecule is CC(C)[C@@H](C(=O)OCc1ccccc1)N(C)C(=O)N1CCC[C@@H]1C(C)c1ccccn1. The number of aromatic nitrogens is 1. The van der Waals surface area contributed by atoms with Gasteiger partial charge in [-0.25, -0.2) is 9.59 Å². The molecule has 1 aromatic carbocycles. The minimum Gasteiger partial charge on any atom is -0.459 e. The summed E-state index contributed by atoms with van der Waals surface area (Å²) in [6.45, 7) is 6.89. The third kappa shape index (κ3) is 5.43. The quantitative estimate of drug-likeness (QED) is 0.617. The molecule has 3 rings (SSSR count). The van der Waals surface area contributed by atoms with Crippen molar-refractivity contribution in [2.24, 2.45) is 5.92 Å². The Hall–Kier alpha value is -2.89. The van der Waals surface area contributed by atoms with Crippen LogP contribution in [0.1, 0.15) is 50.8 Å². The topological polar surface area (TPSA) is 62.7 Å². The molecule has 1 aliphatic heterocycles. The first-order chi connectivity index (χ1) is 14.9. The highest BCUT2D eigenvalue weighted by Crippen LogP contribution is 2.31. The first-order valence-corrected chi connectivity index (χ1v) is 11.0. The van der Waals surface area contributed by atoms with Gasteiger partial charge in [-0.3, -0.25) is 4.98 Å². The van der Waals surface area contributed by atoms with E-state index in [0.29, 0.717) is 6.54 Å². The maximum Gasteiger partial charge on any atom is 0.329 e. The summed E-state index contributed by atoms with van der Waals surface area (Å²) < 4.78 is 5.57. The molecule has 1 aliphatic rings. The maximum absolute atomic E-state index is 13.4. The maximum atomic E-state index is 13.4. The van der Waals surface area contributed by atoms with Crippen LogP contribution in [0.3, 0.4) is 0 Å². The lowest BCUT2D eigenvalue weighted by atomic mass is 9.95. The van der Waals surface area contributed by atoms with Gasteiger partial charge in [0.05, 0.1) is 0 Å². The van der Waals surface area contributed by atoms with Crippen LogP contribution in [-0.4, -0.2) is 52.5 Å². The molecule has 1 aromatic heterocycles. The van der Waals surface area contributed by atoms with Crippen molar-refractivity contribution in [3.8, 4) is 0 Å². The number of esters is 1. The third-order valence-corrected chi connectivity index (χ3v) is 6.09. The number of amides is 2. The van der Waals surface area contributed by atoms with Crippen molar-refractivity contribution in [1.82, 2.24) is 14.8 Å². The van der Waals surface area contributed by atoms with Gasteiger partial charge in [0.2, 0.25) is 0 Å². The molecule has 2 heterocycles. The van der Waals surface area contributed by atoms with E-state index < -0.39 is 6.04 Å². The number of rotatable bonds is 7. The van der Waals surface area contributed by atoms with Crippen molar-refractivity contribution in [3.63, 3.8) is 0 Å². The van der Waals surface area contributed by atoms with Crippen LogP contribution in [-0.2, 0) is 16.1 Å². The van der Waals surface area contributed by atoms with Crippen LogP contribution in [0, 0.1) is 5.92 Å². The van der Waals surface area contributed by atoms with Gasteiger partial charge in [-0.1, -0.05) is 57.2 Å². The Bertz CT molecular complexity index is 857. The zero-order valence-electron chi connectivity index (χ0n) is 18.9. The van der Waals surface area contributed by atoms with Gasteiger partial charge in [-0.15, -0.1) is 0 Å². The molecular weight excluding hydrogens is 390 g/mol. The number of pyridine rings is 1. The number of carbonyl (C=O) groups is 2. The van der Waals surface area contributed by atoms with Gasteiger partial charge >= 0.3 is 12.0 Å². The lowest BCUT2D eigenvalue weighted by Crippen LogP contribution is -2.53. The van der Waals surface area contributed by atoms with Crippen molar-refractivity contribution in [3.05, 3.63) is 66.0 Å². The molecule has 0 bridgehead atoms. The lowest BCUT2D eigenvalue weighted by Gasteiger charge is -2.36. The van der Waals surface area contributed by atoms with Gasteiger partial charge in [0, 0.05) is 37.4 Å². The monoisotopic (exact) mass is 423 g/mol. The molecule has 2 amide bonds. The molecule has 0 radical (unpaired) electrons. The Morgan fingerprint density at radius 1 is 1.13 bits per heavy atom. The van der Waals surface area contributed by atoms with Gasteiger partial charge in [0.1, 0.15) is 12.6 Å². The Kier molecular flexibility index (Phi) is 7.66. The molecule has 2 aromatic rings. The highest BCUT2D eigenvalue weighted by atomic mass is 16.5. The minimum absolute atomic E-state index is 0.0634. The predicted molar refractivity (Wildman–Crippen MR) is 120 cm³/mol. The fourth-order valence-corrected chi connectivity index (χ4v) is 4.41. The number of urea groups is 1. The average molecular weight is 424 g/mol. The van der Waals surface area contributed by atoms with Crippen LogP contribution < -0.4 is 0 Å². The Labute approximate surface area is 185 Å². The molecular formula is C25H33N3O3. The van der Waals surface area contributed by atoms with E-state index in [2.05, 4.69) is 11.9 Å². The van der Waals surface area contributed by atoms with Crippen LogP contribution in [0.2, 0.25) is 0 Å². The minimum atomic E-state index is -0.636. The van der Waals surface area contributed by atoms with Gasteiger partial charge in [0.15, 0.2) is 0 Å². The molecule has 6 heteroatoms. The van der Waals surface area contributed by atoms with Crippen molar-refractivity contribution in [2.75, 3.05) is 13.6 Å². The molecule has 6 nitrogen and oxygen atoms in total. The Morgan fingerprint density at radius 2 is 1.84 bits per heavy atom. The molecule has 1 fully saturated rings. The Morgan fingerprint density at radius 3 is 2.48 bits per heavy atom. The number of carbonyl (C=O) groups excluding carboxylic acids is 2. The molecule has 0 spiro atoms. The summed E-state index contributed by atoms with van der Waals surface area (Å²) in [4.78, 5) is 34.3. The van der Waals surface area contributed by atoms with Crippen LogP contribution in [0.5, 0.6) is 0 Å². The molecule has 166 valence electrons. The van der Waals surface area contributed by atoms with E-state index in [1.54, 1.807) is 18.1 Å². The van der Waals surface area contributed by atoms with E-state index in [9.17, 15) is 9.59 Å². The van der Waals surface area contributed by atoms with Crippen LogP contribution >= 0.6 is 0 Å². The van der Waals surface area contributed by atoms with Crippen molar-refractivity contribution < 1.29 is 14.3 Å². The highest BCUT2D eigenvalue weighted by Gasteiger charge is 2.39. The number of benzene rings is 1. The standard InChI is InChI=1S/C25H33N3O3/c1-18(2)23(24(29)31-17-20-11-6-5-7-12-20)27(4)25(30)28-16-10-14-22(28)19(3)21-13-8-9-15-26-21/h5-9,11-13,15,18-19,22-23H,10,14,16-17H2,1-4H3/t19?,22-,23+/m1/s1. The summed E-state index contributed by atoms with van der Waals surface area (Å²) >= 11 is 0. The van der Waals surface area contributed by atoms with Crippen LogP contribution in [0.4, 0.5) is 4.79 Å². The average Bonchev–Trinajstić information content (AvgIpc) is 3.27. The summed E-state index contributed by atoms with van der Waals surface area (Å²) in [5, 5.41) is 0. The molecule has 1 unspecified atom stereocenters. The summed E-state index contributed by atoms with van der Waals surface area (Å²) in [5.41, 5.74) is 1.91. The number of nitrogens with zero attached hydrogens (tertiary/aromatic N) is 3. The normalized spacial score (nSPS) is 18.0. The summed E-state index contributed by atoms with van der Waals surface area (Å²) in [6.07, 6.45) is 3.67. The Balaban J connectivity index is 1.69. The van der Waals surface area contributed by atoms with Gasteiger partial charge in [-0.05, 0) is 36.5 Å². The fourth-order valence-electron chi connectivity index (χ4n) is 4.41. The largest absolute Gasteiger partial charge is 0.459 e. The number of hydrogen-bond acceptors (Lipinski definition) is 4. The second-order valence-electron chi connectivity index (χ2n) is 8.62. The van der Waals surface area contributed by atoms with E-state index in [0.717, 1.165) is 24.1 Å². The van der Waals surface area contributed by atoms with Crippen molar-refractivity contribution in [1.29, 1.82) is 0 Å². The predicted octanol–water partition coefficient (Wildman–Crippen LogP) is 4.47. The van der Waals surface area contributed by atoms with E-state index >= 15 is 0 Å². The molecule has 1 saturated heterocycles. The number of hydrogen-bond donors (Lipinski definition) is 0. The van der Waals surface area contributed by atoms with E-state index in [1.807, 2.05) is 67.3 Å². The number of likely N-dealkylation sites (N-methyl/N-ethyl adjacent to an activating group) is 1. The summed E-state index contributed by atoms with van der Waals surface area (Å²) in [5.74, 6) is -0.307. The molecule has 0 saturated carbocycles. The van der Waals surface area contributed by atoms with Crippen molar-refractivity contribution in [2.45, 2.75) is 58.2 Å². The number of likely N-dealkylation sites (tertiary alicyclic amines) is 1. The molecule has 0 aliphatic carbocycles. The first kappa shape index (κ1) is 22.8. The van der Waals surface area contributed by atoms with Crippen LogP contribution in [0.25, 0.3) is 0 Å². The lowest BCUT2D eigenvalue weighted by molar-refractivity contribution is -0.151. The van der Waals surface area contributed by atoms with Crippen molar-refractivity contribution >= 4 is 12.0 Å². The second kappa shape index (κ2) is 10.4. The molecule has 31 heavy (non-hydrogen) atoms. The summed E-state index contributed by atoms with van der Waals surface area (Å²) in [7, 11) is 1.71. The molecule has 3 atom stereocenters. The third-order valence-electron chi connectivity index (χ3n) is 6.09. The van der Waals surface area contributed by atoms with Crippen LogP contribution in [0.15, 0.2) is 54.7 Å². The zero-order valence-corrected chi connectivity index (χ0v) is 18.9. The van der Waals surface area contributed by atoms with E-state index in [1.165, 1.54) is 0 Å². The smallest absolute Gasteiger partial charge is 0.329 e. The van der Waals surface area contributed by atoms with E-state index in [4.69, 9.17) is 4.74 Å². The van der Waals surface area contributed by atoms with Gasteiger partial charge < -0.3 is 14.5 Å². The second-order valence-corrected chi connectivity index (χ2v) is 8.62. The molecule has 0 N–H and O–H groups in total. The first-order valence-electron chi connectivity index (χ1n) is 11.0. The van der Waals surface area contributed by atoms with Gasteiger partial charge in [-0.2, -0.15) is 0 Å². The summed E-state index contributed by atoms with van der Waals surface area (Å²) in [6, 6.07) is 14.8. The van der Waals surface area contributed by atoms with E-state index in [-0.39, 0.29) is 36.5 Å². The fraction of sp³-hybridized carbons (Fsp3) is 0.480. The van der Waals surface area contributed by atoms with Gasteiger partial charge in [0.25, 0.3) is 0 Å². The zero-order chi connectivity index (χ0) is 22.4.